The highest BCUT2D eigenvalue weighted by atomic mass is 16.6. The summed E-state index contributed by atoms with van der Waals surface area (Å²) in [6, 6.07) is -0.501. The van der Waals surface area contributed by atoms with Crippen LogP contribution < -0.4 is 75.7 Å². The van der Waals surface area contributed by atoms with Crippen LogP contribution in [0.1, 0.15) is 221 Å². The van der Waals surface area contributed by atoms with Gasteiger partial charge in [0.2, 0.25) is 70.9 Å². The van der Waals surface area contributed by atoms with Crippen molar-refractivity contribution in [2.45, 2.75) is 295 Å². The van der Waals surface area contributed by atoms with Gasteiger partial charge in [0.15, 0.2) is 0 Å². The summed E-state index contributed by atoms with van der Waals surface area (Å²) in [5, 5.41) is 31.5. The number of nitrogens with two attached hydrogens (primary N) is 3. The molecule has 0 spiro atoms. The lowest BCUT2D eigenvalue weighted by Crippen LogP contribution is -2.59. The van der Waals surface area contributed by atoms with E-state index in [2.05, 4.69) is 58.5 Å². The molecular formula is C79H134N16O13. The first-order chi connectivity index (χ1) is 51.8. The molecule has 4 bridgehead atoms. The summed E-state index contributed by atoms with van der Waals surface area (Å²) in [7, 11) is 1.45. The summed E-state index contributed by atoms with van der Waals surface area (Å²) in [6.07, 6.45) is 16.0. The second kappa shape index (κ2) is 46.4. The molecular weight excluding hydrogens is 1380 g/mol. The third-order valence-corrected chi connectivity index (χ3v) is 22.6. The molecule has 12 amide bonds. The van der Waals surface area contributed by atoms with Gasteiger partial charge in [-0.1, -0.05) is 117 Å². The lowest BCUT2D eigenvalue weighted by molar-refractivity contribution is -0.140. The van der Waals surface area contributed by atoms with Crippen LogP contribution >= 0.6 is 0 Å². The Balaban J connectivity index is 1.11. The minimum Gasteiger partial charge on any atom is -0.355 e. The average Bonchev–Trinajstić information content (AvgIpc) is 1.08. The Bertz CT molecular complexity index is 3050. The molecule has 17 N–H and O–H groups in total. The smallest absolute Gasteiger partial charge is 0.245 e. The van der Waals surface area contributed by atoms with Crippen molar-refractivity contribution in [1.29, 1.82) is 0 Å². The molecule has 13 unspecified atom stereocenters. The number of nitrogens with one attached hydrogen (secondary N) is 11. The fraction of sp³-hybridized carbons (Fsp3) is 0.772. The maximum atomic E-state index is 15.2. The number of likely N-dealkylation sites (N-methyl/N-ethyl adjacent to an activating group) is 2. The molecule has 29 nitrogen and oxygen atoms in total. The number of hydrogen-bond donors (Lipinski definition) is 14. The predicted molar refractivity (Wildman–Crippen MR) is 413 cm³/mol. The van der Waals surface area contributed by atoms with Crippen molar-refractivity contribution in [2.24, 2.45) is 58.6 Å². The van der Waals surface area contributed by atoms with Crippen LogP contribution in [0.4, 0.5) is 0 Å². The third-order valence-electron chi connectivity index (χ3n) is 22.6. The van der Waals surface area contributed by atoms with Gasteiger partial charge in [-0.3, -0.25) is 62.9 Å². The minimum atomic E-state index is -1.19. The maximum Gasteiger partial charge on any atom is 0.245 e. The standard InChI is InChI=1S/C79H134N16O13/c1-10-14-17-30-60(89-70(99)50(8)85-73(102)59(31-21-20-28-56-54-41-52-40-53(43-54)44-55(56)42-52)86-65(96)46-84-72(101)58(33-23-37-81)88-69(98)49(7)12-3)74(103)91-63(45-51-26-18-16-19-27-51)79(107)95-39-25-35-64(95)68-77(108-68)92-61(34-24-38-82)75(104)93-67(48(5)6)76(105)90-62(29-15-11-2)78(106)94(9)47-66(97)87-57(32-22-36-80)71(100)83-13-4/h16,18-19,26-27,48-50,52-64,67-68,77,92H,10-15,17,20-25,28-47,80-82H2,1-9H3,(H,83,100)(H,84,101)(H,85,102)(H,86,96)(H,87,97)(H,88,98)(H,89,99)(H,90,105)(H,91,103)(H,93,104). The summed E-state index contributed by atoms with van der Waals surface area (Å²) in [4.78, 5) is 171. The first-order valence-corrected chi connectivity index (χ1v) is 40.9. The van der Waals surface area contributed by atoms with Crippen LogP contribution in [0.2, 0.25) is 0 Å². The number of carbonyl (C=O) groups excluding carboxylic acids is 12. The van der Waals surface area contributed by atoms with Gasteiger partial charge >= 0.3 is 0 Å². The van der Waals surface area contributed by atoms with E-state index < -0.39 is 138 Å². The number of unbranched alkanes of at least 4 members (excludes halogenated alkanes) is 4. The lowest BCUT2D eigenvalue weighted by Gasteiger charge is -2.54. The van der Waals surface area contributed by atoms with Crippen LogP contribution in [-0.2, 0) is 68.7 Å². The van der Waals surface area contributed by atoms with Gasteiger partial charge < -0.3 is 84.9 Å². The Kier molecular flexibility index (Phi) is 38.4. The van der Waals surface area contributed by atoms with E-state index in [1.807, 2.05) is 51.1 Å². The Morgan fingerprint density at radius 2 is 1.05 bits per heavy atom. The maximum absolute atomic E-state index is 15.2. The van der Waals surface area contributed by atoms with Crippen molar-refractivity contribution < 1.29 is 62.3 Å². The molecule has 1 aromatic rings. The van der Waals surface area contributed by atoms with Crippen LogP contribution in [0.25, 0.3) is 0 Å². The second-order valence-electron chi connectivity index (χ2n) is 31.5. The number of epoxide rings is 1. The van der Waals surface area contributed by atoms with E-state index in [1.165, 1.54) is 51.0 Å². The molecule has 2 heterocycles. The largest absolute Gasteiger partial charge is 0.355 e. The molecule has 1 aromatic carbocycles. The Hall–Kier alpha value is -7.34. The Morgan fingerprint density at radius 3 is 1.65 bits per heavy atom. The zero-order valence-electron chi connectivity index (χ0n) is 66.1. The van der Waals surface area contributed by atoms with Crippen LogP contribution in [0.15, 0.2) is 30.3 Å². The van der Waals surface area contributed by atoms with Gasteiger partial charge in [-0.2, -0.15) is 0 Å². The Labute approximate surface area is 641 Å². The van der Waals surface area contributed by atoms with Gasteiger partial charge in [-0.05, 0) is 190 Å². The number of likely N-dealkylation sites (tertiary alicyclic amines) is 1. The van der Waals surface area contributed by atoms with Gasteiger partial charge in [0.05, 0.1) is 25.2 Å². The second-order valence-corrected chi connectivity index (χ2v) is 31.5. The Morgan fingerprint density at radius 1 is 0.528 bits per heavy atom. The summed E-state index contributed by atoms with van der Waals surface area (Å²) >= 11 is 0. The molecule has 13 atom stereocenters. The first kappa shape index (κ1) is 89.6. The number of hydrogen-bond acceptors (Lipinski definition) is 17. The monoisotopic (exact) mass is 1520 g/mol. The first-order valence-electron chi connectivity index (χ1n) is 40.9. The van der Waals surface area contributed by atoms with E-state index in [1.54, 1.807) is 32.6 Å². The number of ether oxygens (including phenoxy) is 1. The van der Waals surface area contributed by atoms with Crippen molar-refractivity contribution in [2.75, 3.05) is 52.9 Å². The predicted octanol–water partition coefficient (Wildman–Crippen LogP) is 2.83. The number of amides is 12. The average molecular weight is 1520 g/mol. The van der Waals surface area contributed by atoms with Gasteiger partial charge in [0, 0.05) is 32.5 Å². The molecule has 0 aromatic heterocycles. The summed E-state index contributed by atoms with van der Waals surface area (Å²) in [5.74, 6) is -3.24. The van der Waals surface area contributed by atoms with E-state index in [0.29, 0.717) is 103 Å². The van der Waals surface area contributed by atoms with Gasteiger partial charge in [0.1, 0.15) is 60.7 Å². The lowest BCUT2D eigenvalue weighted by atomic mass is 9.51. The topological polar surface area (TPSA) is 434 Å². The molecule has 2 aliphatic heterocycles. The van der Waals surface area contributed by atoms with Crippen molar-refractivity contribution in [3.05, 3.63) is 35.9 Å². The molecule has 4 aliphatic carbocycles. The highest BCUT2D eigenvalue weighted by molar-refractivity contribution is 5.98. The van der Waals surface area contributed by atoms with E-state index in [4.69, 9.17) is 21.9 Å². The SMILES string of the molecule is CCCCCC(NC(=O)C(C)NC(=O)C(CCCCC1C2CC3CC(C2)CC1C3)NC(=O)CNC(=O)C(CCCN)NC(=O)C(C)CC)C(=O)NC(Cc1ccccc1)C(=O)N1CCCC1C1OC1NC(CCCN)C(=O)NC(C(=O)NC(CCCC)C(=O)N(C)CC(=O)NC(CCCN)C(=O)NCC)C(C)C. The van der Waals surface area contributed by atoms with E-state index >= 15 is 4.79 Å². The fourth-order valence-electron chi connectivity index (χ4n) is 16.4. The van der Waals surface area contributed by atoms with Crippen molar-refractivity contribution in [3.63, 3.8) is 0 Å². The zero-order chi connectivity index (χ0) is 79.0. The van der Waals surface area contributed by atoms with Crippen LogP contribution in [0, 0.1) is 41.4 Å². The van der Waals surface area contributed by atoms with E-state index in [0.717, 1.165) is 54.9 Å². The molecule has 7 rings (SSSR count). The highest BCUT2D eigenvalue weighted by Gasteiger charge is 2.52. The molecule has 6 fully saturated rings. The third kappa shape index (κ3) is 28.2. The van der Waals surface area contributed by atoms with Gasteiger partial charge in [-0.15, -0.1) is 0 Å². The molecule has 29 heteroatoms. The zero-order valence-corrected chi connectivity index (χ0v) is 66.1. The molecule has 0 radical (unpaired) electrons. The van der Waals surface area contributed by atoms with Crippen LogP contribution in [-0.4, -0.2) is 206 Å². The quantitative estimate of drug-likeness (QED) is 0.0329. The van der Waals surface area contributed by atoms with E-state index in [-0.39, 0.29) is 75.3 Å². The van der Waals surface area contributed by atoms with Gasteiger partial charge in [0.25, 0.3) is 0 Å². The number of rotatable bonds is 51. The van der Waals surface area contributed by atoms with Crippen molar-refractivity contribution >= 4 is 70.9 Å². The molecule has 4 saturated carbocycles. The van der Waals surface area contributed by atoms with E-state index in [9.17, 15) is 52.7 Å². The fourth-order valence-corrected chi connectivity index (χ4v) is 16.4. The summed E-state index contributed by atoms with van der Waals surface area (Å²) in [5.41, 5.74) is 18.2. The summed E-state index contributed by atoms with van der Waals surface area (Å²) in [6.45, 7) is 15.1. The van der Waals surface area contributed by atoms with Crippen LogP contribution in [0.5, 0.6) is 0 Å². The van der Waals surface area contributed by atoms with Crippen molar-refractivity contribution in [3.8, 4) is 0 Å². The number of benzene rings is 1. The molecule has 108 heavy (non-hydrogen) atoms. The number of nitrogens with zero attached hydrogens (tertiary/aromatic N) is 2. The molecule has 6 aliphatic rings. The van der Waals surface area contributed by atoms with Crippen LogP contribution in [0.3, 0.4) is 0 Å². The molecule has 608 valence electrons. The van der Waals surface area contributed by atoms with Gasteiger partial charge in [-0.25, -0.2) is 0 Å². The summed E-state index contributed by atoms with van der Waals surface area (Å²) < 4.78 is 6.28. The normalized spacial score (nSPS) is 22.5. The highest BCUT2D eigenvalue weighted by Crippen LogP contribution is 2.57. The van der Waals surface area contributed by atoms with Crippen molar-refractivity contribution in [1.82, 2.24) is 68.3 Å². The minimum absolute atomic E-state index is 0.108. The number of carbonyl (C=O) groups is 12. The molecule has 2 saturated heterocycles.